The molecule has 1 N–H and O–H groups in total. The standard InChI is InChI=1S/C15H23NOS/c1-2-3-10-17-15-6-4-14(5-7-15)13-16-8-11-18-12-9-16/h4-7H,2-3,8-13H2,1H3/p+1. The van der Waals surface area contributed by atoms with E-state index in [1.807, 2.05) is 0 Å². The van der Waals surface area contributed by atoms with Crippen molar-refractivity contribution >= 4 is 11.8 Å². The van der Waals surface area contributed by atoms with Gasteiger partial charge in [0.15, 0.2) is 0 Å². The van der Waals surface area contributed by atoms with Crippen molar-refractivity contribution < 1.29 is 9.64 Å². The third kappa shape index (κ3) is 4.54. The van der Waals surface area contributed by atoms with Crippen molar-refractivity contribution in [3.8, 4) is 5.75 Å². The number of thioether (sulfide) groups is 1. The number of nitrogens with one attached hydrogen (secondary N) is 1. The SMILES string of the molecule is CCCCOc1ccc(C[NH+]2CCSCC2)cc1. The number of unbranched alkanes of at least 4 members (excludes halogenated alkanes) is 1. The van der Waals surface area contributed by atoms with Crippen LogP contribution in [0.4, 0.5) is 0 Å². The molecule has 0 saturated carbocycles. The summed E-state index contributed by atoms with van der Waals surface area (Å²) in [7, 11) is 0. The first-order chi connectivity index (χ1) is 8.88. The van der Waals surface area contributed by atoms with Crippen LogP contribution in [0.15, 0.2) is 24.3 Å². The van der Waals surface area contributed by atoms with Crippen LogP contribution in [0.25, 0.3) is 0 Å². The first-order valence-electron chi connectivity index (χ1n) is 7.01. The minimum absolute atomic E-state index is 0.838. The molecule has 3 heteroatoms. The lowest BCUT2D eigenvalue weighted by Gasteiger charge is -2.23. The molecule has 100 valence electrons. The highest BCUT2D eigenvalue weighted by molar-refractivity contribution is 7.99. The van der Waals surface area contributed by atoms with Gasteiger partial charge in [-0.25, -0.2) is 0 Å². The summed E-state index contributed by atoms with van der Waals surface area (Å²) in [5.41, 5.74) is 1.43. The highest BCUT2D eigenvalue weighted by Crippen LogP contribution is 2.12. The van der Waals surface area contributed by atoms with E-state index in [1.165, 1.54) is 36.6 Å². The predicted molar refractivity (Wildman–Crippen MR) is 78.6 cm³/mol. The topological polar surface area (TPSA) is 13.7 Å². The van der Waals surface area contributed by atoms with E-state index in [-0.39, 0.29) is 0 Å². The minimum Gasteiger partial charge on any atom is -0.494 e. The summed E-state index contributed by atoms with van der Waals surface area (Å²) in [6.45, 7) is 6.80. The molecule has 0 unspecified atom stereocenters. The van der Waals surface area contributed by atoms with Crippen molar-refractivity contribution in [1.29, 1.82) is 0 Å². The Kier molecular flexibility index (Phi) is 5.88. The number of benzene rings is 1. The molecule has 0 atom stereocenters. The zero-order valence-electron chi connectivity index (χ0n) is 11.3. The Bertz CT molecular complexity index is 333. The lowest BCUT2D eigenvalue weighted by atomic mass is 10.2. The summed E-state index contributed by atoms with van der Waals surface area (Å²) in [5.74, 6) is 3.64. The van der Waals surface area contributed by atoms with Crippen LogP contribution >= 0.6 is 11.8 Å². The molecule has 1 aromatic carbocycles. The predicted octanol–water partition coefficient (Wildman–Crippen LogP) is 2.00. The first-order valence-corrected chi connectivity index (χ1v) is 8.17. The Labute approximate surface area is 115 Å². The maximum Gasteiger partial charge on any atom is 0.119 e. The van der Waals surface area contributed by atoms with Gasteiger partial charge in [0.05, 0.1) is 19.7 Å². The summed E-state index contributed by atoms with van der Waals surface area (Å²) in [5, 5.41) is 0. The van der Waals surface area contributed by atoms with Crippen LogP contribution in [0, 0.1) is 0 Å². The molecule has 0 amide bonds. The molecule has 1 heterocycles. The molecule has 0 radical (unpaired) electrons. The zero-order chi connectivity index (χ0) is 12.6. The van der Waals surface area contributed by atoms with Crippen LogP contribution in [0.3, 0.4) is 0 Å². The number of quaternary nitrogens is 1. The largest absolute Gasteiger partial charge is 0.494 e. The highest BCUT2D eigenvalue weighted by atomic mass is 32.2. The van der Waals surface area contributed by atoms with E-state index in [2.05, 4.69) is 43.0 Å². The lowest BCUT2D eigenvalue weighted by molar-refractivity contribution is -0.910. The second kappa shape index (κ2) is 7.70. The van der Waals surface area contributed by atoms with Gasteiger partial charge >= 0.3 is 0 Å². The lowest BCUT2D eigenvalue weighted by Crippen LogP contribution is -3.12. The normalized spacial score (nSPS) is 16.7. The van der Waals surface area contributed by atoms with E-state index < -0.39 is 0 Å². The first kappa shape index (κ1) is 13.8. The fourth-order valence-corrected chi connectivity index (χ4v) is 3.23. The van der Waals surface area contributed by atoms with Crippen molar-refractivity contribution in [1.82, 2.24) is 0 Å². The van der Waals surface area contributed by atoms with Gasteiger partial charge < -0.3 is 9.64 Å². The van der Waals surface area contributed by atoms with Gasteiger partial charge in [0.25, 0.3) is 0 Å². The monoisotopic (exact) mass is 266 g/mol. The van der Waals surface area contributed by atoms with E-state index in [0.717, 1.165) is 25.3 Å². The Morgan fingerprint density at radius 1 is 1.17 bits per heavy atom. The Morgan fingerprint density at radius 3 is 2.56 bits per heavy atom. The average molecular weight is 266 g/mol. The molecule has 2 rings (SSSR count). The number of hydrogen-bond donors (Lipinski definition) is 1. The van der Waals surface area contributed by atoms with Crippen LogP contribution in [-0.4, -0.2) is 31.2 Å². The maximum absolute atomic E-state index is 5.68. The molecule has 2 nitrogen and oxygen atoms in total. The molecular formula is C15H24NOS+. The summed E-state index contributed by atoms with van der Waals surface area (Å²) in [6.07, 6.45) is 2.33. The number of rotatable bonds is 6. The molecule has 0 bridgehead atoms. The van der Waals surface area contributed by atoms with Crippen LogP contribution in [0.2, 0.25) is 0 Å². The van der Waals surface area contributed by atoms with Crippen molar-refractivity contribution in [3.63, 3.8) is 0 Å². The van der Waals surface area contributed by atoms with Crippen molar-refractivity contribution in [2.45, 2.75) is 26.3 Å². The van der Waals surface area contributed by atoms with Gasteiger partial charge in [-0.15, -0.1) is 0 Å². The summed E-state index contributed by atoms with van der Waals surface area (Å²) >= 11 is 2.08. The third-order valence-corrected chi connectivity index (χ3v) is 4.33. The maximum atomic E-state index is 5.68. The van der Waals surface area contributed by atoms with Gasteiger partial charge in [-0.2, -0.15) is 11.8 Å². The Balaban J connectivity index is 1.79. The Hall–Kier alpha value is -0.670. The molecule has 0 aliphatic carbocycles. The summed E-state index contributed by atoms with van der Waals surface area (Å²) in [6, 6.07) is 8.66. The molecule has 18 heavy (non-hydrogen) atoms. The van der Waals surface area contributed by atoms with E-state index in [9.17, 15) is 0 Å². The second-order valence-electron chi connectivity index (χ2n) is 4.89. The van der Waals surface area contributed by atoms with E-state index >= 15 is 0 Å². The van der Waals surface area contributed by atoms with E-state index in [1.54, 1.807) is 4.90 Å². The molecule has 1 aliphatic rings. The van der Waals surface area contributed by atoms with Crippen LogP contribution < -0.4 is 9.64 Å². The van der Waals surface area contributed by atoms with Gasteiger partial charge in [-0.05, 0) is 30.7 Å². The van der Waals surface area contributed by atoms with Crippen molar-refractivity contribution in [2.75, 3.05) is 31.2 Å². The third-order valence-electron chi connectivity index (χ3n) is 3.34. The molecule has 1 saturated heterocycles. The van der Waals surface area contributed by atoms with Gasteiger partial charge in [0, 0.05) is 17.1 Å². The zero-order valence-corrected chi connectivity index (χ0v) is 12.1. The average Bonchev–Trinajstić information content (AvgIpc) is 2.42. The van der Waals surface area contributed by atoms with E-state index in [0.29, 0.717) is 0 Å². The minimum atomic E-state index is 0.838. The van der Waals surface area contributed by atoms with E-state index in [4.69, 9.17) is 4.74 Å². The second-order valence-corrected chi connectivity index (χ2v) is 6.11. The van der Waals surface area contributed by atoms with Crippen molar-refractivity contribution in [3.05, 3.63) is 29.8 Å². The Morgan fingerprint density at radius 2 is 1.89 bits per heavy atom. The van der Waals surface area contributed by atoms with Gasteiger partial charge in [0.1, 0.15) is 12.3 Å². The smallest absolute Gasteiger partial charge is 0.119 e. The summed E-state index contributed by atoms with van der Waals surface area (Å²) in [4.78, 5) is 1.72. The fourth-order valence-electron chi connectivity index (χ4n) is 2.16. The number of ether oxygens (including phenoxy) is 1. The highest BCUT2D eigenvalue weighted by Gasteiger charge is 2.13. The fraction of sp³-hybridized carbons (Fsp3) is 0.600. The molecule has 0 aromatic heterocycles. The van der Waals surface area contributed by atoms with Crippen molar-refractivity contribution in [2.24, 2.45) is 0 Å². The number of hydrogen-bond acceptors (Lipinski definition) is 2. The molecule has 1 aromatic rings. The van der Waals surface area contributed by atoms with Gasteiger partial charge in [-0.1, -0.05) is 13.3 Å². The molecule has 1 aliphatic heterocycles. The van der Waals surface area contributed by atoms with Gasteiger partial charge in [0.2, 0.25) is 0 Å². The quantitative estimate of drug-likeness (QED) is 0.791. The molecular weight excluding hydrogens is 242 g/mol. The van der Waals surface area contributed by atoms with Crippen LogP contribution in [-0.2, 0) is 6.54 Å². The van der Waals surface area contributed by atoms with Gasteiger partial charge in [-0.3, -0.25) is 0 Å². The van der Waals surface area contributed by atoms with Crippen LogP contribution in [0.1, 0.15) is 25.3 Å². The van der Waals surface area contributed by atoms with Crippen LogP contribution in [0.5, 0.6) is 5.75 Å². The molecule has 1 fully saturated rings. The molecule has 0 spiro atoms. The summed E-state index contributed by atoms with van der Waals surface area (Å²) < 4.78 is 5.68.